The van der Waals surface area contributed by atoms with E-state index < -0.39 is 0 Å². The van der Waals surface area contributed by atoms with Crippen LogP contribution in [0.3, 0.4) is 0 Å². The molecule has 92 valence electrons. The maximum absolute atomic E-state index is 10.9. The molecule has 8 heteroatoms. The minimum atomic E-state index is -0.389. The maximum atomic E-state index is 10.9. The second kappa shape index (κ2) is 10.4. The van der Waals surface area contributed by atoms with Gasteiger partial charge in [-0.3, -0.25) is 0 Å². The summed E-state index contributed by atoms with van der Waals surface area (Å²) in [5, 5.41) is 9.69. The Labute approximate surface area is 104 Å². The highest BCUT2D eigenvalue weighted by molar-refractivity contribution is 6.18. The molecule has 0 aliphatic heterocycles. The zero-order valence-corrected chi connectivity index (χ0v) is 10.1. The minimum absolute atomic E-state index is 0.343. The van der Waals surface area contributed by atoms with Gasteiger partial charge >= 0.3 is 12.1 Å². The van der Waals surface area contributed by atoms with Crippen molar-refractivity contribution in [3.63, 3.8) is 0 Å². The molecule has 0 unspecified atom stereocenters. The topological polar surface area (TPSA) is 82.3 Å². The van der Waals surface area contributed by atoms with Gasteiger partial charge in [0.1, 0.15) is 0 Å². The van der Waals surface area contributed by atoms with Crippen LogP contribution in [0.25, 0.3) is 0 Å². The van der Waals surface area contributed by atoms with Gasteiger partial charge in [-0.25, -0.2) is 9.59 Å². The lowest BCUT2D eigenvalue weighted by molar-refractivity contribution is 0.243. The summed E-state index contributed by atoms with van der Waals surface area (Å²) in [6.07, 6.45) is 2.59. The van der Waals surface area contributed by atoms with Gasteiger partial charge in [0.05, 0.1) is 0 Å². The molecular formula is C8H14Cl2N4O2. The predicted molar refractivity (Wildman–Crippen MR) is 63.6 cm³/mol. The Hall–Kier alpha value is -1.14. The van der Waals surface area contributed by atoms with E-state index in [4.69, 9.17) is 23.2 Å². The highest BCUT2D eigenvalue weighted by Gasteiger charge is 1.95. The normalized spacial score (nSPS) is 9.88. The molecule has 0 aliphatic rings. The smallest absolute Gasteiger partial charge is 0.318 e. The predicted octanol–water partition coefficient (Wildman–Crippen LogP) is 0.534. The van der Waals surface area contributed by atoms with E-state index in [-0.39, 0.29) is 12.1 Å². The highest BCUT2D eigenvalue weighted by atomic mass is 35.5. The highest BCUT2D eigenvalue weighted by Crippen LogP contribution is 1.73. The average Bonchev–Trinajstić information content (AvgIpc) is 2.29. The summed E-state index contributed by atoms with van der Waals surface area (Å²) in [5.41, 5.74) is 0. The molecule has 0 aliphatic carbocycles. The van der Waals surface area contributed by atoms with Crippen molar-refractivity contribution in [3.8, 4) is 0 Å². The second-order valence-electron chi connectivity index (χ2n) is 2.51. The summed E-state index contributed by atoms with van der Waals surface area (Å²) in [7, 11) is 0. The van der Waals surface area contributed by atoms with Crippen LogP contribution in [0.15, 0.2) is 12.4 Å². The summed E-state index contributed by atoms with van der Waals surface area (Å²) >= 11 is 10.7. The number of nitrogens with one attached hydrogen (secondary N) is 4. The van der Waals surface area contributed by atoms with E-state index in [1.54, 1.807) is 0 Å². The molecule has 0 fully saturated rings. The molecule has 4 N–H and O–H groups in total. The first-order chi connectivity index (χ1) is 7.70. The maximum Gasteiger partial charge on any atom is 0.318 e. The van der Waals surface area contributed by atoms with Crippen molar-refractivity contribution in [1.82, 2.24) is 21.3 Å². The van der Waals surface area contributed by atoms with Crippen molar-refractivity contribution in [2.75, 3.05) is 24.8 Å². The van der Waals surface area contributed by atoms with Gasteiger partial charge in [0.2, 0.25) is 0 Å². The third-order valence-electron chi connectivity index (χ3n) is 1.27. The summed E-state index contributed by atoms with van der Waals surface area (Å²) in [5.74, 6) is 0.687. The molecule has 0 aromatic carbocycles. The van der Waals surface area contributed by atoms with E-state index in [0.717, 1.165) is 0 Å². The van der Waals surface area contributed by atoms with Crippen molar-refractivity contribution in [2.24, 2.45) is 0 Å². The Balaban J connectivity index is 3.53. The summed E-state index contributed by atoms with van der Waals surface area (Å²) in [6.45, 7) is 0.760. The largest absolute Gasteiger partial charge is 0.337 e. The van der Waals surface area contributed by atoms with Crippen LogP contribution in [-0.4, -0.2) is 36.9 Å². The van der Waals surface area contributed by atoms with E-state index >= 15 is 0 Å². The number of hydrogen-bond acceptors (Lipinski definition) is 2. The second-order valence-corrected chi connectivity index (χ2v) is 3.27. The Morgan fingerprint density at radius 1 is 0.875 bits per heavy atom. The van der Waals surface area contributed by atoms with Gasteiger partial charge < -0.3 is 21.3 Å². The Morgan fingerprint density at radius 3 is 1.56 bits per heavy atom. The monoisotopic (exact) mass is 268 g/mol. The SMILES string of the molecule is O=C(N/C=C/NC(=O)NCCCl)NCCCl. The van der Waals surface area contributed by atoms with E-state index in [1.165, 1.54) is 12.4 Å². The van der Waals surface area contributed by atoms with Gasteiger partial charge in [-0.05, 0) is 0 Å². The van der Waals surface area contributed by atoms with Gasteiger partial charge in [0.15, 0.2) is 0 Å². The number of rotatable bonds is 6. The van der Waals surface area contributed by atoms with Gasteiger partial charge in [0.25, 0.3) is 0 Å². The van der Waals surface area contributed by atoms with Crippen molar-refractivity contribution in [1.29, 1.82) is 0 Å². The molecule has 0 heterocycles. The zero-order valence-electron chi connectivity index (χ0n) is 8.56. The van der Waals surface area contributed by atoms with Crippen LogP contribution in [0, 0.1) is 0 Å². The fourth-order valence-electron chi connectivity index (χ4n) is 0.658. The van der Waals surface area contributed by atoms with Gasteiger partial charge in [-0.15, -0.1) is 23.2 Å². The van der Waals surface area contributed by atoms with E-state index in [0.29, 0.717) is 24.8 Å². The van der Waals surface area contributed by atoms with E-state index in [1.807, 2.05) is 0 Å². The molecule has 4 amide bonds. The number of carbonyl (C=O) groups is 2. The Morgan fingerprint density at radius 2 is 1.25 bits per heavy atom. The molecule has 0 aromatic heterocycles. The summed E-state index contributed by atoms with van der Waals surface area (Å²) in [4.78, 5) is 21.9. The molecule has 6 nitrogen and oxygen atoms in total. The molecule has 0 spiro atoms. The van der Waals surface area contributed by atoms with Crippen LogP contribution in [0.2, 0.25) is 0 Å². The van der Waals surface area contributed by atoms with Crippen LogP contribution < -0.4 is 21.3 Å². The molecule has 0 bridgehead atoms. The first-order valence-electron chi connectivity index (χ1n) is 4.56. The lowest BCUT2D eigenvalue weighted by Crippen LogP contribution is -2.35. The number of amides is 4. The molecule has 0 atom stereocenters. The van der Waals surface area contributed by atoms with Crippen molar-refractivity contribution in [2.45, 2.75) is 0 Å². The zero-order chi connectivity index (χ0) is 12.2. The quantitative estimate of drug-likeness (QED) is 0.531. The lowest BCUT2D eigenvalue weighted by Gasteiger charge is -2.02. The van der Waals surface area contributed by atoms with Crippen molar-refractivity contribution >= 4 is 35.3 Å². The van der Waals surface area contributed by atoms with Gasteiger partial charge in [-0.2, -0.15) is 0 Å². The van der Waals surface area contributed by atoms with Gasteiger partial charge in [-0.1, -0.05) is 0 Å². The third-order valence-corrected chi connectivity index (χ3v) is 1.65. The van der Waals surface area contributed by atoms with Crippen LogP contribution in [0.5, 0.6) is 0 Å². The number of alkyl halides is 2. The van der Waals surface area contributed by atoms with Crippen molar-refractivity contribution in [3.05, 3.63) is 12.4 Å². The first-order valence-corrected chi connectivity index (χ1v) is 5.63. The summed E-state index contributed by atoms with van der Waals surface area (Å²) in [6, 6.07) is -0.778. The molecule has 0 saturated heterocycles. The van der Waals surface area contributed by atoms with E-state index in [2.05, 4.69) is 21.3 Å². The molecule has 16 heavy (non-hydrogen) atoms. The molecule has 0 radical (unpaired) electrons. The molecule has 0 rings (SSSR count). The molecular weight excluding hydrogens is 255 g/mol. The molecule has 0 saturated carbocycles. The third kappa shape index (κ3) is 9.42. The average molecular weight is 269 g/mol. The fourth-order valence-corrected chi connectivity index (χ4v) is 0.847. The number of hydrogen-bond donors (Lipinski definition) is 4. The van der Waals surface area contributed by atoms with Gasteiger partial charge in [0, 0.05) is 37.2 Å². The van der Waals surface area contributed by atoms with Crippen molar-refractivity contribution < 1.29 is 9.59 Å². The number of urea groups is 2. The fraction of sp³-hybridized carbons (Fsp3) is 0.500. The number of carbonyl (C=O) groups excluding carboxylic acids is 2. The van der Waals surface area contributed by atoms with E-state index in [9.17, 15) is 9.59 Å². The Kier molecular flexibility index (Phi) is 9.64. The number of halogens is 2. The van der Waals surface area contributed by atoms with Crippen LogP contribution >= 0.6 is 23.2 Å². The van der Waals surface area contributed by atoms with Crippen LogP contribution in [0.4, 0.5) is 9.59 Å². The molecule has 0 aromatic rings. The first kappa shape index (κ1) is 14.9. The Bertz CT molecular complexity index is 224. The van der Waals surface area contributed by atoms with Crippen LogP contribution in [-0.2, 0) is 0 Å². The lowest BCUT2D eigenvalue weighted by atomic mass is 10.7. The standard InChI is InChI=1S/C8H14Cl2N4O2/c9-1-3-11-7(15)13-5-6-14-8(16)12-4-2-10/h5-6H,1-4H2,(H2,11,13,15)(H2,12,14,16)/b6-5+. The summed E-state index contributed by atoms with van der Waals surface area (Å²) < 4.78 is 0. The van der Waals surface area contributed by atoms with Crippen LogP contribution in [0.1, 0.15) is 0 Å². The minimum Gasteiger partial charge on any atom is -0.337 e.